The number of aryl methyl sites for hydroxylation is 1. The third-order valence-electron chi connectivity index (χ3n) is 3.98. The quantitative estimate of drug-likeness (QED) is 0.617. The standard InChI is InChI=1S/C18H19NO4S/c1-3-16(20)23-18-17(14-7-5-4-6-8-14)19(18)24(21,22)15-11-9-13(2)10-12-15/h4-12,17-18H,3H2,1-2H3/t17-,18-,19?/m1/s1. The normalized spacial score (nSPS) is 22.8. The Balaban J connectivity index is 1.94. The van der Waals surface area contributed by atoms with Crippen molar-refractivity contribution in [2.75, 3.05) is 0 Å². The maximum absolute atomic E-state index is 12.9. The molecule has 3 rings (SSSR count). The lowest BCUT2D eigenvalue weighted by Gasteiger charge is -2.07. The fourth-order valence-corrected chi connectivity index (χ4v) is 4.23. The molecule has 24 heavy (non-hydrogen) atoms. The average molecular weight is 345 g/mol. The zero-order chi connectivity index (χ0) is 17.3. The molecule has 1 saturated heterocycles. The maximum Gasteiger partial charge on any atom is 0.307 e. The van der Waals surface area contributed by atoms with Crippen LogP contribution in [-0.4, -0.2) is 24.9 Å². The highest BCUT2D eigenvalue weighted by Crippen LogP contribution is 2.48. The fraction of sp³-hybridized carbons (Fsp3) is 0.278. The minimum absolute atomic E-state index is 0.198. The maximum atomic E-state index is 12.9. The minimum atomic E-state index is -3.73. The first-order valence-electron chi connectivity index (χ1n) is 7.80. The summed E-state index contributed by atoms with van der Waals surface area (Å²) in [5, 5.41) is 0. The molecule has 0 bridgehead atoms. The van der Waals surface area contributed by atoms with E-state index in [4.69, 9.17) is 4.74 Å². The van der Waals surface area contributed by atoms with Crippen LogP contribution < -0.4 is 0 Å². The Hall–Kier alpha value is -2.18. The molecule has 0 spiro atoms. The van der Waals surface area contributed by atoms with E-state index in [0.29, 0.717) is 0 Å². The number of hydrogen-bond donors (Lipinski definition) is 0. The highest BCUT2D eigenvalue weighted by Gasteiger charge is 2.59. The molecule has 1 unspecified atom stereocenters. The van der Waals surface area contributed by atoms with E-state index in [1.165, 1.54) is 4.31 Å². The van der Waals surface area contributed by atoms with Crippen LogP contribution in [0.2, 0.25) is 0 Å². The van der Waals surface area contributed by atoms with E-state index in [-0.39, 0.29) is 11.3 Å². The lowest BCUT2D eigenvalue weighted by molar-refractivity contribution is -0.145. The number of nitrogens with zero attached hydrogens (tertiary/aromatic N) is 1. The molecule has 0 aromatic heterocycles. The second-order valence-electron chi connectivity index (χ2n) is 5.74. The number of benzene rings is 2. The summed E-state index contributed by atoms with van der Waals surface area (Å²) in [7, 11) is -3.73. The lowest BCUT2D eigenvalue weighted by atomic mass is 10.1. The van der Waals surface area contributed by atoms with Gasteiger partial charge in [-0.15, -0.1) is 4.31 Å². The highest BCUT2D eigenvalue weighted by molar-refractivity contribution is 7.89. The zero-order valence-electron chi connectivity index (χ0n) is 13.5. The molecular formula is C18H19NO4S. The molecule has 0 saturated carbocycles. The van der Waals surface area contributed by atoms with Crippen molar-refractivity contribution in [3.8, 4) is 0 Å². The Morgan fingerprint density at radius 1 is 1.08 bits per heavy atom. The molecule has 1 fully saturated rings. The Morgan fingerprint density at radius 2 is 1.71 bits per heavy atom. The number of ether oxygens (including phenoxy) is 1. The van der Waals surface area contributed by atoms with Crippen LogP contribution in [0.4, 0.5) is 0 Å². The number of carbonyl (C=O) groups excluding carboxylic acids is 1. The summed E-state index contributed by atoms with van der Waals surface area (Å²) in [6.45, 7) is 3.58. The van der Waals surface area contributed by atoms with E-state index >= 15 is 0 Å². The van der Waals surface area contributed by atoms with Gasteiger partial charge in [-0.05, 0) is 24.6 Å². The van der Waals surface area contributed by atoms with Crippen molar-refractivity contribution >= 4 is 16.0 Å². The fourth-order valence-electron chi connectivity index (χ4n) is 2.61. The number of esters is 1. The molecular weight excluding hydrogens is 326 g/mol. The van der Waals surface area contributed by atoms with Crippen molar-refractivity contribution < 1.29 is 17.9 Å². The summed E-state index contributed by atoms with van der Waals surface area (Å²) in [5.74, 6) is -0.414. The van der Waals surface area contributed by atoms with Crippen molar-refractivity contribution in [2.45, 2.75) is 37.4 Å². The van der Waals surface area contributed by atoms with E-state index < -0.39 is 28.3 Å². The van der Waals surface area contributed by atoms with E-state index in [1.807, 2.05) is 37.3 Å². The van der Waals surface area contributed by atoms with Gasteiger partial charge < -0.3 is 4.74 Å². The average Bonchev–Trinajstić information content (AvgIpc) is 3.30. The van der Waals surface area contributed by atoms with Crippen LogP contribution in [-0.2, 0) is 19.6 Å². The Morgan fingerprint density at radius 3 is 2.29 bits per heavy atom. The molecule has 5 nitrogen and oxygen atoms in total. The molecule has 1 heterocycles. The summed E-state index contributed by atoms with van der Waals surface area (Å²) >= 11 is 0. The van der Waals surface area contributed by atoms with Gasteiger partial charge in [-0.2, -0.15) is 0 Å². The van der Waals surface area contributed by atoms with Crippen LogP contribution in [0.1, 0.15) is 30.5 Å². The van der Waals surface area contributed by atoms with Gasteiger partial charge in [-0.3, -0.25) is 4.79 Å². The van der Waals surface area contributed by atoms with Crippen LogP contribution in [0.15, 0.2) is 59.5 Å². The summed E-state index contributed by atoms with van der Waals surface area (Å²) in [6, 6.07) is 15.4. The van der Waals surface area contributed by atoms with E-state index in [1.54, 1.807) is 31.2 Å². The van der Waals surface area contributed by atoms with E-state index in [0.717, 1.165) is 11.1 Å². The molecule has 0 aliphatic carbocycles. The molecule has 126 valence electrons. The molecule has 1 aliphatic rings. The summed E-state index contributed by atoms with van der Waals surface area (Å²) in [6.07, 6.45) is -0.581. The van der Waals surface area contributed by atoms with Crippen molar-refractivity contribution in [3.05, 3.63) is 65.7 Å². The first kappa shape index (κ1) is 16.7. The van der Waals surface area contributed by atoms with Crippen molar-refractivity contribution in [2.24, 2.45) is 0 Å². The zero-order valence-corrected chi connectivity index (χ0v) is 14.4. The van der Waals surface area contributed by atoms with Crippen LogP contribution in [0.25, 0.3) is 0 Å². The highest BCUT2D eigenvalue weighted by atomic mass is 32.2. The molecule has 0 amide bonds. The number of hydrogen-bond acceptors (Lipinski definition) is 4. The van der Waals surface area contributed by atoms with Crippen LogP contribution in [0, 0.1) is 6.92 Å². The Kier molecular flexibility index (Phi) is 4.43. The van der Waals surface area contributed by atoms with Gasteiger partial charge in [-0.25, -0.2) is 8.42 Å². The summed E-state index contributed by atoms with van der Waals surface area (Å²) < 4.78 is 32.4. The smallest absolute Gasteiger partial charge is 0.307 e. The van der Waals surface area contributed by atoms with Crippen LogP contribution in [0.5, 0.6) is 0 Å². The third-order valence-corrected chi connectivity index (χ3v) is 5.84. The predicted octanol–water partition coefficient (Wildman–Crippen LogP) is 3.02. The molecule has 6 heteroatoms. The molecule has 2 aromatic rings. The van der Waals surface area contributed by atoms with Crippen molar-refractivity contribution in [1.29, 1.82) is 0 Å². The first-order valence-corrected chi connectivity index (χ1v) is 9.24. The van der Waals surface area contributed by atoms with E-state index in [2.05, 4.69) is 0 Å². The molecule has 3 atom stereocenters. The number of rotatable bonds is 5. The lowest BCUT2D eigenvalue weighted by Crippen LogP contribution is -2.18. The minimum Gasteiger partial charge on any atom is -0.443 e. The monoisotopic (exact) mass is 345 g/mol. The van der Waals surface area contributed by atoms with Crippen LogP contribution in [0.3, 0.4) is 0 Å². The Bertz CT molecular complexity index is 831. The van der Waals surface area contributed by atoms with Gasteiger partial charge in [0.15, 0.2) is 6.23 Å². The third kappa shape index (κ3) is 3.07. The van der Waals surface area contributed by atoms with Gasteiger partial charge in [0.05, 0.1) is 4.90 Å². The molecule has 2 aromatic carbocycles. The van der Waals surface area contributed by atoms with Gasteiger partial charge in [0.2, 0.25) is 10.0 Å². The van der Waals surface area contributed by atoms with Gasteiger partial charge in [0, 0.05) is 6.42 Å². The van der Waals surface area contributed by atoms with Gasteiger partial charge >= 0.3 is 5.97 Å². The first-order chi connectivity index (χ1) is 11.4. The second-order valence-corrected chi connectivity index (χ2v) is 7.58. The number of carbonyl (C=O) groups is 1. The molecule has 0 N–H and O–H groups in total. The summed E-state index contributed by atoms with van der Waals surface area (Å²) in [5.41, 5.74) is 1.79. The SMILES string of the molecule is CCC(=O)O[C@@H]1[C@@H](c2ccccc2)N1S(=O)(=O)c1ccc(C)cc1. The van der Waals surface area contributed by atoms with E-state index in [9.17, 15) is 13.2 Å². The second kappa shape index (κ2) is 6.37. The van der Waals surface area contributed by atoms with Gasteiger partial charge in [0.25, 0.3) is 0 Å². The predicted molar refractivity (Wildman–Crippen MR) is 89.6 cm³/mol. The van der Waals surface area contributed by atoms with Gasteiger partial charge in [-0.1, -0.05) is 55.0 Å². The van der Waals surface area contributed by atoms with Crippen LogP contribution >= 0.6 is 0 Å². The Labute approximate surface area is 141 Å². The number of sulfonamides is 1. The van der Waals surface area contributed by atoms with Crippen molar-refractivity contribution in [3.63, 3.8) is 0 Å². The topological polar surface area (TPSA) is 63.5 Å². The summed E-state index contributed by atoms with van der Waals surface area (Å²) in [4.78, 5) is 11.8. The van der Waals surface area contributed by atoms with Crippen molar-refractivity contribution in [1.82, 2.24) is 4.31 Å². The molecule has 0 radical (unpaired) electrons. The van der Waals surface area contributed by atoms with Gasteiger partial charge in [0.1, 0.15) is 6.04 Å². The molecule has 1 aliphatic heterocycles. The largest absolute Gasteiger partial charge is 0.443 e.